The van der Waals surface area contributed by atoms with Crippen molar-refractivity contribution in [2.24, 2.45) is 0 Å². The summed E-state index contributed by atoms with van der Waals surface area (Å²) in [7, 11) is 0. The molecule has 0 saturated carbocycles. The van der Waals surface area contributed by atoms with Crippen molar-refractivity contribution in [1.29, 1.82) is 5.26 Å². The first-order valence-corrected chi connectivity index (χ1v) is 14.6. The third kappa shape index (κ3) is 8.91. The van der Waals surface area contributed by atoms with Crippen LogP contribution < -0.4 is 14.4 Å². The number of para-hydroxylation sites is 2. The molecule has 0 aliphatic carbocycles. The molecule has 1 heterocycles. The van der Waals surface area contributed by atoms with E-state index in [1.54, 1.807) is 62.1 Å². The van der Waals surface area contributed by atoms with E-state index in [1.807, 2.05) is 19.1 Å². The molecule has 1 atom stereocenters. The lowest BCUT2D eigenvalue weighted by Gasteiger charge is -2.32. The highest BCUT2D eigenvalue weighted by Crippen LogP contribution is 2.35. The molecule has 0 radical (unpaired) electrons. The molecule has 0 fully saturated rings. The van der Waals surface area contributed by atoms with Crippen LogP contribution in [-0.2, 0) is 17.6 Å². The molecule has 45 heavy (non-hydrogen) atoms. The number of alkyl halides is 3. The van der Waals surface area contributed by atoms with Crippen LogP contribution >= 0.6 is 0 Å². The van der Waals surface area contributed by atoms with Crippen molar-refractivity contribution in [3.8, 4) is 17.6 Å². The van der Waals surface area contributed by atoms with Crippen molar-refractivity contribution >= 4 is 17.7 Å². The van der Waals surface area contributed by atoms with Crippen LogP contribution in [-0.4, -0.2) is 61.0 Å². The molecule has 3 aromatic carbocycles. The van der Waals surface area contributed by atoms with E-state index in [0.717, 1.165) is 11.1 Å². The second-order valence-electron chi connectivity index (χ2n) is 11.8. The lowest BCUT2D eigenvalue weighted by atomic mass is 9.98. The van der Waals surface area contributed by atoms with Gasteiger partial charge in [0.05, 0.1) is 17.8 Å². The minimum atomic E-state index is -4.51. The number of ether oxygens (including phenoxy) is 3. The quantitative estimate of drug-likeness (QED) is 0.243. The Balaban J connectivity index is 1.51. The average Bonchev–Trinajstić information content (AvgIpc) is 3.41. The van der Waals surface area contributed by atoms with Gasteiger partial charge in [-0.15, -0.1) is 0 Å². The summed E-state index contributed by atoms with van der Waals surface area (Å²) in [5, 5.41) is 10.0. The van der Waals surface area contributed by atoms with Crippen molar-refractivity contribution in [3.05, 3.63) is 89.0 Å². The number of carbonyl (C=O) groups is 2. The lowest BCUT2D eigenvalue weighted by Crippen LogP contribution is -2.45. The van der Waals surface area contributed by atoms with Crippen LogP contribution in [0, 0.1) is 11.3 Å². The zero-order valence-electron chi connectivity index (χ0n) is 25.7. The highest BCUT2D eigenvalue weighted by atomic mass is 19.4. The molecule has 0 bridgehead atoms. The number of halogens is 3. The molecular formula is C34H36F3N3O5. The summed E-state index contributed by atoms with van der Waals surface area (Å²) in [6.45, 7) is 6.11. The molecule has 11 heteroatoms. The van der Waals surface area contributed by atoms with E-state index in [2.05, 4.69) is 6.07 Å². The largest absolute Gasteiger partial charge is 0.488 e. The smallest absolute Gasteiger partial charge is 0.422 e. The summed E-state index contributed by atoms with van der Waals surface area (Å²) in [6, 6.07) is 20.5. The summed E-state index contributed by atoms with van der Waals surface area (Å²) < 4.78 is 54.4. The number of hydrogen-bond donors (Lipinski definition) is 0. The zero-order valence-corrected chi connectivity index (χ0v) is 25.7. The summed E-state index contributed by atoms with van der Waals surface area (Å²) in [5.41, 5.74) is 2.43. The number of rotatable bonds is 10. The molecule has 1 aliphatic rings. The van der Waals surface area contributed by atoms with Crippen LogP contribution in [0.2, 0.25) is 0 Å². The second-order valence-corrected chi connectivity index (χ2v) is 11.8. The number of carbonyl (C=O) groups excluding carboxylic acids is 2. The van der Waals surface area contributed by atoms with Crippen LogP contribution in [0.25, 0.3) is 0 Å². The molecule has 0 aromatic heterocycles. The van der Waals surface area contributed by atoms with Gasteiger partial charge in [0.2, 0.25) is 0 Å². The van der Waals surface area contributed by atoms with Gasteiger partial charge in [-0.2, -0.15) is 18.4 Å². The molecule has 8 nitrogen and oxygen atoms in total. The Kier molecular flexibility index (Phi) is 10.3. The minimum absolute atomic E-state index is 0.0415. The Labute approximate surface area is 260 Å². The average molecular weight is 624 g/mol. The fraction of sp³-hybridized carbons (Fsp3) is 0.382. The number of fused-ring (bicyclic) bond motifs is 1. The van der Waals surface area contributed by atoms with E-state index in [0.29, 0.717) is 36.2 Å². The van der Waals surface area contributed by atoms with Gasteiger partial charge in [-0.3, -0.25) is 4.79 Å². The molecule has 1 aliphatic heterocycles. The first-order valence-electron chi connectivity index (χ1n) is 14.6. The van der Waals surface area contributed by atoms with E-state index in [9.17, 15) is 28.0 Å². The molecule has 0 N–H and O–H groups in total. The van der Waals surface area contributed by atoms with Gasteiger partial charge in [-0.25, -0.2) is 4.79 Å². The Morgan fingerprint density at radius 1 is 1.00 bits per heavy atom. The first-order chi connectivity index (χ1) is 21.3. The summed E-state index contributed by atoms with van der Waals surface area (Å²) >= 11 is 0. The molecule has 238 valence electrons. The fourth-order valence-corrected chi connectivity index (χ4v) is 5.12. The van der Waals surface area contributed by atoms with Crippen LogP contribution in [0.5, 0.6) is 11.5 Å². The van der Waals surface area contributed by atoms with E-state index >= 15 is 0 Å². The zero-order chi connectivity index (χ0) is 32.8. The second kappa shape index (κ2) is 13.9. The van der Waals surface area contributed by atoms with E-state index in [4.69, 9.17) is 14.2 Å². The topological polar surface area (TPSA) is 92.1 Å². The number of amides is 2. The van der Waals surface area contributed by atoms with Crippen molar-refractivity contribution in [1.82, 2.24) is 4.90 Å². The maximum atomic E-state index is 13.3. The first kappa shape index (κ1) is 33.2. The molecule has 3 aromatic rings. The number of hydrogen-bond acceptors (Lipinski definition) is 6. The number of benzene rings is 3. The molecule has 0 saturated heterocycles. The summed E-state index contributed by atoms with van der Waals surface area (Å²) in [6.07, 6.45) is -4.13. The highest BCUT2D eigenvalue weighted by Gasteiger charge is 2.31. The lowest BCUT2D eigenvalue weighted by molar-refractivity contribution is -0.153. The highest BCUT2D eigenvalue weighted by molar-refractivity contribution is 6.08. The van der Waals surface area contributed by atoms with Crippen LogP contribution in [0.1, 0.15) is 54.7 Å². The standard InChI is InChI=1S/C34H36F3N3O5/c1-23(18-24-19-26-14-15-40(30(26)27(20-24)21-38)31(41)25-10-6-5-7-11-25)39(32(42)45-33(2,3)4)16-17-43-28-12-8-9-13-29(28)44-22-34(35,36)37/h5-13,19-20,23H,14-18,22H2,1-4H3/t23-/m1/s1. The third-order valence-electron chi connectivity index (χ3n) is 7.03. The monoisotopic (exact) mass is 623 g/mol. The normalized spacial score (nSPS) is 13.4. The van der Waals surface area contributed by atoms with Crippen molar-refractivity contribution < 1.29 is 37.0 Å². The van der Waals surface area contributed by atoms with Crippen molar-refractivity contribution in [3.63, 3.8) is 0 Å². The van der Waals surface area contributed by atoms with Gasteiger partial charge in [0.25, 0.3) is 5.91 Å². The Bertz CT molecular complexity index is 1550. The molecule has 0 unspecified atom stereocenters. The minimum Gasteiger partial charge on any atom is -0.488 e. The number of nitrogens with zero attached hydrogens (tertiary/aromatic N) is 3. The van der Waals surface area contributed by atoms with Gasteiger partial charge in [0.1, 0.15) is 18.3 Å². The SMILES string of the molecule is C[C@H](Cc1cc(C#N)c2c(c1)CCN2C(=O)c1ccccc1)N(CCOc1ccccc1OCC(F)(F)F)C(=O)OC(C)(C)C. The van der Waals surface area contributed by atoms with Crippen LogP contribution in [0.4, 0.5) is 23.7 Å². The van der Waals surface area contributed by atoms with Crippen molar-refractivity contribution in [2.45, 2.75) is 58.4 Å². The fourth-order valence-electron chi connectivity index (χ4n) is 5.12. The van der Waals surface area contributed by atoms with Gasteiger partial charge in [-0.1, -0.05) is 36.4 Å². The predicted octanol–water partition coefficient (Wildman–Crippen LogP) is 6.95. The predicted molar refractivity (Wildman–Crippen MR) is 163 cm³/mol. The molecule has 2 amide bonds. The van der Waals surface area contributed by atoms with Crippen LogP contribution in [0.15, 0.2) is 66.7 Å². The molecular weight excluding hydrogens is 587 g/mol. The summed E-state index contributed by atoms with van der Waals surface area (Å²) in [4.78, 5) is 29.6. The Hall–Kier alpha value is -4.72. The number of anilines is 1. The van der Waals surface area contributed by atoms with Gasteiger partial charge < -0.3 is 24.0 Å². The Morgan fingerprint density at radius 3 is 2.27 bits per heavy atom. The third-order valence-corrected chi connectivity index (χ3v) is 7.03. The van der Waals surface area contributed by atoms with Gasteiger partial charge >= 0.3 is 12.3 Å². The van der Waals surface area contributed by atoms with Gasteiger partial charge in [0.15, 0.2) is 18.1 Å². The van der Waals surface area contributed by atoms with E-state index < -0.39 is 30.5 Å². The summed E-state index contributed by atoms with van der Waals surface area (Å²) in [5.74, 6) is -0.118. The van der Waals surface area contributed by atoms with E-state index in [-0.39, 0.29) is 30.6 Å². The van der Waals surface area contributed by atoms with Gasteiger partial charge in [0, 0.05) is 18.2 Å². The number of nitriles is 1. The van der Waals surface area contributed by atoms with Gasteiger partial charge in [-0.05, 0) is 82.0 Å². The molecule has 4 rings (SSSR count). The van der Waals surface area contributed by atoms with Crippen molar-refractivity contribution in [2.75, 3.05) is 31.2 Å². The maximum absolute atomic E-state index is 13.3. The van der Waals surface area contributed by atoms with Crippen LogP contribution in [0.3, 0.4) is 0 Å². The maximum Gasteiger partial charge on any atom is 0.422 e. The Morgan fingerprint density at radius 2 is 1.64 bits per heavy atom. The van der Waals surface area contributed by atoms with E-state index in [1.165, 1.54) is 23.1 Å². The molecule has 0 spiro atoms.